The summed E-state index contributed by atoms with van der Waals surface area (Å²) in [5.74, 6) is 0.383. The standard InChI is InChI=1S/C18H28N2O2/c1-13(18(2,3)15-8-6-5-7-9-15)19-17(22)20(4)12-16(21)14-10-11-14/h5-9,13-14,16,21H,10-12H2,1-4H3,(H,19,22). The molecule has 0 bridgehead atoms. The van der Waals surface area contributed by atoms with Gasteiger partial charge in [-0.2, -0.15) is 0 Å². The first-order chi connectivity index (χ1) is 10.3. The van der Waals surface area contributed by atoms with E-state index in [1.807, 2.05) is 25.1 Å². The van der Waals surface area contributed by atoms with Crippen LogP contribution in [0.15, 0.2) is 30.3 Å². The van der Waals surface area contributed by atoms with E-state index in [1.54, 1.807) is 11.9 Å². The van der Waals surface area contributed by atoms with Crippen molar-refractivity contribution >= 4 is 6.03 Å². The number of aliphatic hydroxyl groups is 1. The largest absolute Gasteiger partial charge is 0.391 e. The molecule has 0 spiro atoms. The van der Waals surface area contributed by atoms with E-state index in [9.17, 15) is 9.90 Å². The molecular weight excluding hydrogens is 276 g/mol. The first kappa shape index (κ1) is 16.8. The number of urea groups is 1. The van der Waals surface area contributed by atoms with Gasteiger partial charge in [-0.1, -0.05) is 44.2 Å². The fraction of sp³-hybridized carbons (Fsp3) is 0.611. The Balaban J connectivity index is 1.92. The SMILES string of the molecule is CC(NC(=O)N(C)CC(O)C1CC1)C(C)(C)c1ccccc1. The van der Waals surface area contributed by atoms with Crippen LogP contribution in [0.25, 0.3) is 0 Å². The monoisotopic (exact) mass is 304 g/mol. The molecule has 22 heavy (non-hydrogen) atoms. The Hall–Kier alpha value is -1.55. The van der Waals surface area contributed by atoms with Gasteiger partial charge in [0.05, 0.1) is 6.10 Å². The molecule has 2 unspecified atom stereocenters. The van der Waals surface area contributed by atoms with E-state index in [0.29, 0.717) is 12.5 Å². The molecule has 4 heteroatoms. The first-order valence-electron chi connectivity index (χ1n) is 8.07. The summed E-state index contributed by atoms with van der Waals surface area (Å²) in [5.41, 5.74) is 1.04. The van der Waals surface area contributed by atoms with Gasteiger partial charge in [0.2, 0.25) is 0 Å². The van der Waals surface area contributed by atoms with E-state index in [0.717, 1.165) is 12.8 Å². The lowest BCUT2D eigenvalue weighted by atomic mass is 9.78. The van der Waals surface area contributed by atoms with Crippen LogP contribution >= 0.6 is 0 Å². The zero-order chi connectivity index (χ0) is 16.3. The summed E-state index contributed by atoms with van der Waals surface area (Å²) in [6, 6.07) is 10.1. The molecule has 0 radical (unpaired) electrons. The van der Waals surface area contributed by atoms with Gasteiger partial charge in [-0.15, -0.1) is 0 Å². The van der Waals surface area contributed by atoms with E-state index < -0.39 is 6.10 Å². The van der Waals surface area contributed by atoms with E-state index in [2.05, 4.69) is 31.3 Å². The summed E-state index contributed by atoms with van der Waals surface area (Å²) in [7, 11) is 1.74. The Labute approximate surface area is 133 Å². The Kier molecular flexibility index (Phi) is 5.12. The molecule has 1 aromatic carbocycles. The maximum Gasteiger partial charge on any atom is 0.317 e. The summed E-state index contributed by atoms with van der Waals surface area (Å²) in [5, 5.41) is 13.0. The number of nitrogens with one attached hydrogen (secondary N) is 1. The molecule has 2 atom stereocenters. The van der Waals surface area contributed by atoms with Crippen molar-refractivity contribution in [1.29, 1.82) is 0 Å². The van der Waals surface area contributed by atoms with Gasteiger partial charge < -0.3 is 15.3 Å². The maximum absolute atomic E-state index is 12.3. The lowest BCUT2D eigenvalue weighted by Gasteiger charge is -2.34. The highest BCUT2D eigenvalue weighted by molar-refractivity contribution is 5.74. The average molecular weight is 304 g/mol. The van der Waals surface area contributed by atoms with E-state index in [4.69, 9.17) is 0 Å². The van der Waals surface area contributed by atoms with Crippen LogP contribution < -0.4 is 5.32 Å². The third-order valence-electron chi connectivity index (χ3n) is 4.91. The van der Waals surface area contributed by atoms with E-state index in [-0.39, 0.29) is 17.5 Å². The van der Waals surface area contributed by atoms with Crippen molar-refractivity contribution < 1.29 is 9.90 Å². The number of aliphatic hydroxyl groups excluding tert-OH is 1. The summed E-state index contributed by atoms with van der Waals surface area (Å²) >= 11 is 0. The molecule has 0 heterocycles. The van der Waals surface area contributed by atoms with Gasteiger partial charge in [-0.3, -0.25) is 0 Å². The summed E-state index contributed by atoms with van der Waals surface area (Å²) in [6.07, 6.45) is 1.76. The molecule has 0 saturated heterocycles. The topological polar surface area (TPSA) is 52.6 Å². The molecule has 1 fully saturated rings. The van der Waals surface area contributed by atoms with Gasteiger partial charge >= 0.3 is 6.03 Å². The van der Waals surface area contributed by atoms with Crippen molar-refractivity contribution in [3.05, 3.63) is 35.9 Å². The third-order valence-corrected chi connectivity index (χ3v) is 4.91. The highest BCUT2D eigenvalue weighted by atomic mass is 16.3. The van der Waals surface area contributed by atoms with Crippen LogP contribution in [0.1, 0.15) is 39.2 Å². The predicted molar refractivity (Wildman–Crippen MR) is 88.8 cm³/mol. The maximum atomic E-state index is 12.3. The van der Waals surface area contributed by atoms with Gasteiger partial charge in [-0.05, 0) is 31.2 Å². The van der Waals surface area contributed by atoms with Gasteiger partial charge in [0.25, 0.3) is 0 Å². The highest BCUT2D eigenvalue weighted by Crippen LogP contribution is 2.32. The van der Waals surface area contributed by atoms with Crippen molar-refractivity contribution in [1.82, 2.24) is 10.2 Å². The van der Waals surface area contributed by atoms with E-state index in [1.165, 1.54) is 5.56 Å². The lowest BCUT2D eigenvalue weighted by molar-refractivity contribution is 0.112. The van der Waals surface area contributed by atoms with Crippen LogP contribution in [0.3, 0.4) is 0 Å². The molecule has 0 aliphatic heterocycles. The number of nitrogens with zero attached hydrogens (tertiary/aromatic N) is 1. The van der Waals surface area contributed by atoms with Gasteiger partial charge in [-0.25, -0.2) is 4.79 Å². The molecule has 2 rings (SSSR count). The van der Waals surface area contributed by atoms with Crippen LogP contribution in [0.2, 0.25) is 0 Å². The van der Waals surface area contributed by atoms with Crippen molar-refractivity contribution in [2.75, 3.05) is 13.6 Å². The zero-order valence-corrected chi connectivity index (χ0v) is 14.0. The smallest absolute Gasteiger partial charge is 0.317 e. The van der Waals surface area contributed by atoms with Crippen LogP contribution in [-0.4, -0.2) is 41.8 Å². The Morgan fingerprint density at radius 1 is 1.36 bits per heavy atom. The minimum atomic E-state index is -0.395. The molecule has 1 aliphatic carbocycles. The second-order valence-electron chi connectivity index (χ2n) is 7.04. The van der Waals surface area contributed by atoms with Crippen LogP contribution in [0.5, 0.6) is 0 Å². The Morgan fingerprint density at radius 2 is 1.95 bits per heavy atom. The quantitative estimate of drug-likeness (QED) is 0.849. The fourth-order valence-electron chi connectivity index (χ4n) is 2.59. The average Bonchev–Trinajstić information content (AvgIpc) is 3.32. The molecule has 122 valence electrons. The molecule has 1 aliphatic rings. The molecule has 2 N–H and O–H groups in total. The van der Waals surface area contributed by atoms with Gasteiger partial charge in [0.15, 0.2) is 0 Å². The molecule has 1 saturated carbocycles. The van der Waals surface area contributed by atoms with Gasteiger partial charge in [0, 0.05) is 25.0 Å². The van der Waals surface area contributed by atoms with Crippen LogP contribution in [0, 0.1) is 5.92 Å². The van der Waals surface area contributed by atoms with Crippen LogP contribution in [-0.2, 0) is 5.41 Å². The Bertz CT molecular complexity index is 497. The fourth-order valence-corrected chi connectivity index (χ4v) is 2.59. The molecular formula is C18H28N2O2. The molecule has 1 aromatic rings. The molecule has 4 nitrogen and oxygen atoms in total. The summed E-state index contributed by atoms with van der Waals surface area (Å²) < 4.78 is 0. The number of carbonyl (C=O) groups excluding carboxylic acids is 1. The minimum Gasteiger partial charge on any atom is -0.391 e. The second-order valence-corrected chi connectivity index (χ2v) is 7.04. The lowest BCUT2D eigenvalue weighted by Crippen LogP contribution is -2.50. The van der Waals surface area contributed by atoms with Gasteiger partial charge in [0.1, 0.15) is 0 Å². The van der Waals surface area contributed by atoms with Crippen molar-refractivity contribution in [2.24, 2.45) is 5.92 Å². The summed E-state index contributed by atoms with van der Waals surface area (Å²) in [4.78, 5) is 13.9. The van der Waals surface area contributed by atoms with E-state index >= 15 is 0 Å². The molecule has 0 aromatic heterocycles. The van der Waals surface area contributed by atoms with Crippen molar-refractivity contribution in [3.63, 3.8) is 0 Å². The minimum absolute atomic E-state index is 0.0112. The van der Waals surface area contributed by atoms with Crippen LogP contribution in [0.4, 0.5) is 4.79 Å². The number of hydrogen-bond donors (Lipinski definition) is 2. The number of amides is 2. The predicted octanol–water partition coefficient (Wildman–Crippen LogP) is 2.77. The van der Waals surface area contributed by atoms with Crippen molar-refractivity contribution in [2.45, 2.75) is 51.2 Å². The summed E-state index contributed by atoms with van der Waals surface area (Å²) in [6.45, 7) is 6.68. The van der Waals surface area contributed by atoms with Crippen molar-refractivity contribution in [3.8, 4) is 0 Å². The normalized spacial score (nSPS) is 17.7. The zero-order valence-electron chi connectivity index (χ0n) is 14.0. The third kappa shape index (κ3) is 4.01. The number of likely N-dealkylation sites (N-methyl/N-ethyl adjacent to an activating group) is 1. The number of hydrogen-bond acceptors (Lipinski definition) is 2. The highest BCUT2D eigenvalue weighted by Gasteiger charge is 2.33. The second kappa shape index (κ2) is 6.69. The Morgan fingerprint density at radius 3 is 2.50 bits per heavy atom. The molecule has 2 amide bonds. The number of carbonyl (C=O) groups is 1. The number of benzene rings is 1. The number of rotatable bonds is 6. The first-order valence-corrected chi connectivity index (χ1v) is 8.07.